The molecule has 11 heteroatoms. The van der Waals surface area contributed by atoms with Crippen LogP contribution in [0.4, 0.5) is 5.95 Å². The normalized spacial score (nSPS) is 26.2. The lowest BCUT2D eigenvalue weighted by Crippen LogP contribution is -2.33. The Morgan fingerprint density at radius 2 is 2.16 bits per heavy atom. The average Bonchev–Trinajstić information content (AvgIpc) is 2.87. The number of hydrogen-bond acceptors (Lipinski definition) is 9. The van der Waals surface area contributed by atoms with E-state index in [1.54, 1.807) is 0 Å². The fraction of sp³-hybridized carbons (Fsp3) is 0.500. The van der Waals surface area contributed by atoms with Crippen molar-refractivity contribution < 1.29 is 24.9 Å². The Balaban J connectivity index is 2.28. The van der Waals surface area contributed by atoms with Crippen LogP contribution >= 0.6 is 0 Å². The standard InChI is InChI=1S/C14H21N5O6/c15-2-3-17-9(21)1-4-19-5-7(13(24)18-14(19)16)12-11(23)10(22)8(6-20)25-12/h1,4-5,8,10-12,20,22-23H,2-3,6,15H2,(H,17,21)(H2,16,18,24)/b4-1+. The van der Waals surface area contributed by atoms with Gasteiger partial charge in [-0.05, 0) is 0 Å². The molecule has 0 saturated carbocycles. The summed E-state index contributed by atoms with van der Waals surface area (Å²) in [7, 11) is 0. The number of aliphatic hydroxyl groups is 3. The number of aliphatic hydroxyl groups excluding tert-OH is 3. The molecule has 8 N–H and O–H groups in total. The topological polar surface area (TPSA) is 186 Å². The quantitative estimate of drug-likeness (QED) is 0.282. The first-order valence-electron chi connectivity index (χ1n) is 7.56. The van der Waals surface area contributed by atoms with Crippen molar-refractivity contribution in [1.82, 2.24) is 14.9 Å². The maximum absolute atomic E-state index is 12.0. The van der Waals surface area contributed by atoms with Crippen LogP contribution in [0.5, 0.6) is 0 Å². The molecule has 1 aromatic rings. The summed E-state index contributed by atoms with van der Waals surface area (Å²) in [6, 6.07) is 0. The molecule has 138 valence electrons. The largest absolute Gasteiger partial charge is 0.394 e. The Hall–Kier alpha value is -2.31. The van der Waals surface area contributed by atoms with E-state index >= 15 is 0 Å². The number of nitrogen functional groups attached to an aromatic ring is 1. The summed E-state index contributed by atoms with van der Waals surface area (Å²) in [6.45, 7) is 0.0676. The minimum absolute atomic E-state index is 0.0660. The lowest BCUT2D eigenvalue weighted by atomic mass is 10.0. The highest BCUT2D eigenvalue weighted by Gasteiger charge is 2.44. The Labute approximate surface area is 142 Å². The minimum Gasteiger partial charge on any atom is -0.394 e. The van der Waals surface area contributed by atoms with Crippen LogP contribution in [-0.2, 0) is 9.53 Å². The second-order valence-corrected chi connectivity index (χ2v) is 5.42. The Morgan fingerprint density at radius 3 is 2.76 bits per heavy atom. The van der Waals surface area contributed by atoms with Gasteiger partial charge in [0.05, 0.1) is 12.2 Å². The molecule has 0 aliphatic carbocycles. The SMILES string of the molecule is NCCNC(=O)/C=C/n1cc(C2OC(CO)C(O)C2O)c(=O)nc1N. The van der Waals surface area contributed by atoms with Crippen molar-refractivity contribution in [2.75, 3.05) is 25.4 Å². The van der Waals surface area contributed by atoms with Gasteiger partial charge < -0.3 is 36.8 Å². The van der Waals surface area contributed by atoms with Gasteiger partial charge in [-0.2, -0.15) is 4.98 Å². The van der Waals surface area contributed by atoms with E-state index in [4.69, 9.17) is 21.3 Å². The fourth-order valence-electron chi connectivity index (χ4n) is 2.37. The van der Waals surface area contributed by atoms with Gasteiger partial charge >= 0.3 is 0 Å². The molecule has 11 nitrogen and oxygen atoms in total. The third-order valence-electron chi connectivity index (χ3n) is 3.68. The van der Waals surface area contributed by atoms with Crippen molar-refractivity contribution in [2.45, 2.75) is 24.4 Å². The molecule has 1 saturated heterocycles. The van der Waals surface area contributed by atoms with Crippen molar-refractivity contribution >= 4 is 18.1 Å². The number of anilines is 1. The summed E-state index contributed by atoms with van der Waals surface area (Å²) in [6.07, 6.45) is -1.28. The molecule has 1 amide bonds. The maximum atomic E-state index is 12.0. The first kappa shape index (κ1) is 19.0. The van der Waals surface area contributed by atoms with Crippen LogP contribution in [0.15, 0.2) is 17.1 Å². The predicted molar refractivity (Wildman–Crippen MR) is 87.0 cm³/mol. The molecule has 1 aliphatic heterocycles. The van der Waals surface area contributed by atoms with E-state index in [0.29, 0.717) is 6.54 Å². The summed E-state index contributed by atoms with van der Waals surface area (Å²) in [5.74, 6) is -0.596. The van der Waals surface area contributed by atoms with E-state index in [-0.39, 0.29) is 18.1 Å². The molecule has 0 aromatic carbocycles. The van der Waals surface area contributed by atoms with Gasteiger partial charge in [-0.25, -0.2) is 0 Å². The third kappa shape index (κ3) is 4.21. The van der Waals surface area contributed by atoms with Gasteiger partial charge in [-0.1, -0.05) is 0 Å². The van der Waals surface area contributed by atoms with Gasteiger partial charge in [-0.15, -0.1) is 0 Å². The summed E-state index contributed by atoms with van der Waals surface area (Å²) >= 11 is 0. The highest BCUT2D eigenvalue weighted by molar-refractivity contribution is 5.90. The van der Waals surface area contributed by atoms with E-state index in [1.807, 2.05) is 0 Å². The Bertz CT molecular complexity index is 705. The lowest BCUT2D eigenvalue weighted by Gasteiger charge is -2.15. The zero-order chi connectivity index (χ0) is 18.6. The minimum atomic E-state index is -1.42. The molecule has 0 bridgehead atoms. The van der Waals surface area contributed by atoms with Crippen LogP contribution in [0.25, 0.3) is 6.20 Å². The molecule has 4 unspecified atom stereocenters. The molecule has 0 spiro atoms. The summed E-state index contributed by atoms with van der Waals surface area (Å²) in [4.78, 5) is 27.2. The van der Waals surface area contributed by atoms with Gasteiger partial charge in [0.2, 0.25) is 11.9 Å². The van der Waals surface area contributed by atoms with Gasteiger partial charge in [0, 0.05) is 31.6 Å². The van der Waals surface area contributed by atoms with E-state index < -0.39 is 42.5 Å². The number of rotatable bonds is 6. The molecular formula is C14H21N5O6. The highest BCUT2D eigenvalue weighted by Crippen LogP contribution is 2.31. The third-order valence-corrected chi connectivity index (χ3v) is 3.68. The summed E-state index contributed by atoms with van der Waals surface area (Å²) in [5, 5.41) is 31.5. The highest BCUT2D eigenvalue weighted by atomic mass is 16.6. The van der Waals surface area contributed by atoms with Crippen LogP contribution in [0.2, 0.25) is 0 Å². The van der Waals surface area contributed by atoms with E-state index in [2.05, 4.69) is 10.3 Å². The molecule has 0 radical (unpaired) electrons. The molecule has 2 heterocycles. The Kier molecular flexibility index (Phi) is 6.22. The maximum Gasteiger partial charge on any atom is 0.280 e. The van der Waals surface area contributed by atoms with Crippen molar-refractivity contribution in [3.63, 3.8) is 0 Å². The molecule has 1 aromatic heterocycles. The molecule has 1 fully saturated rings. The first-order chi connectivity index (χ1) is 11.9. The van der Waals surface area contributed by atoms with Gasteiger partial charge in [0.25, 0.3) is 5.56 Å². The predicted octanol–water partition coefficient (Wildman–Crippen LogP) is -3.47. The second kappa shape index (κ2) is 8.18. The second-order valence-electron chi connectivity index (χ2n) is 5.42. The number of amides is 1. The van der Waals surface area contributed by atoms with Crippen molar-refractivity contribution in [2.24, 2.45) is 5.73 Å². The molecule has 25 heavy (non-hydrogen) atoms. The number of nitrogens with zero attached hydrogens (tertiary/aromatic N) is 2. The number of aromatic nitrogens is 2. The number of nitrogens with one attached hydrogen (secondary N) is 1. The fourth-order valence-corrected chi connectivity index (χ4v) is 2.37. The number of hydrogen-bond donors (Lipinski definition) is 6. The molecule has 2 rings (SSSR count). The molecule has 1 aliphatic rings. The van der Waals surface area contributed by atoms with Crippen molar-refractivity contribution in [3.05, 3.63) is 28.2 Å². The van der Waals surface area contributed by atoms with Gasteiger partial charge in [0.15, 0.2) is 0 Å². The number of ether oxygens (including phenoxy) is 1. The van der Waals surface area contributed by atoms with Crippen LogP contribution in [-0.4, -0.2) is 68.8 Å². The van der Waals surface area contributed by atoms with E-state index in [1.165, 1.54) is 23.0 Å². The number of carbonyl (C=O) groups is 1. The van der Waals surface area contributed by atoms with Gasteiger partial charge in [0.1, 0.15) is 24.4 Å². The van der Waals surface area contributed by atoms with Crippen molar-refractivity contribution in [1.29, 1.82) is 0 Å². The first-order valence-corrected chi connectivity index (χ1v) is 7.56. The lowest BCUT2D eigenvalue weighted by molar-refractivity contribution is -0.116. The van der Waals surface area contributed by atoms with E-state index in [9.17, 15) is 19.8 Å². The number of nitrogens with two attached hydrogens (primary N) is 2. The van der Waals surface area contributed by atoms with Gasteiger partial charge in [-0.3, -0.25) is 14.2 Å². The summed E-state index contributed by atoms with van der Waals surface area (Å²) in [5.41, 5.74) is 10.1. The van der Waals surface area contributed by atoms with Crippen LogP contribution in [0.1, 0.15) is 11.7 Å². The smallest absolute Gasteiger partial charge is 0.280 e. The Morgan fingerprint density at radius 1 is 1.44 bits per heavy atom. The monoisotopic (exact) mass is 355 g/mol. The van der Waals surface area contributed by atoms with E-state index in [0.717, 1.165) is 0 Å². The average molecular weight is 355 g/mol. The number of carbonyl (C=O) groups excluding carboxylic acids is 1. The molecular weight excluding hydrogens is 334 g/mol. The van der Waals surface area contributed by atoms with Crippen LogP contribution in [0.3, 0.4) is 0 Å². The van der Waals surface area contributed by atoms with Crippen LogP contribution in [0, 0.1) is 0 Å². The van der Waals surface area contributed by atoms with Crippen LogP contribution < -0.4 is 22.3 Å². The zero-order valence-electron chi connectivity index (χ0n) is 13.3. The summed E-state index contributed by atoms with van der Waals surface area (Å²) < 4.78 is 6.52. The zero-order valence-corrected chi connectivity index (χ0v) is 13.3. The van der Waals surface area contributed by atoms with Crippen molar-refractivity contribution in [3.8, 4) is 0 Å². The molecule has 4 atom stereocenters.